The van der Waals surface area contributed by atoms with Crippen LogP contribution in [-0.2, 0) is 6.54 Å². The van der Waals surface area contributed by atoms with Gasteiger partial charge in [-0.1, -0.05) is 0 Å². The Labute approximate surface area is 103 Å². The van der Waals surface area contributed by atoms with Gasteiger partial charge < -0.3 is 5.32 Å². The second-order valence-electron chi connectivity index (χ2n) is 5.35. The molecule has 1 aromatic heterocycles. The number of pyridine rings is 1. The molecule has 2 fully saturated rings. The van der Waals surface area contributed by atoms with Crippen molar-refractivity contribution in [3.05, 3.63) is 30.1 Å². The number of rotatable bonds is 4. The van der Waals surface area contributed by atoms with Crippen molar-refractivity contribution in [3.8, 4) is 0 Å². The summed E-state index contributed by atoms with van der Waals surface area (Å²) in [6.07, 6.45) is 9.19. The van der Waals surface area contributed by atoms with E-state index in [-0.39, 0.29) is 0 Å². The van der Waals surface area contributed by atoms with Crippen molar-refractivity contribution in [1.29, 1.82) is 0 Å². The number of piperidine rings is 1. The Morgan fingerprint density at radius 1 is 1.06 bits per heavy atom. The third-order valence-corrected chi connectivity index (χ3v) is 3.79. The monoisotopic (exact) mass is 231 g/mol. The Kier molecular flexibility index (Phi) is 3.39. The van der Waals surface area contributed by atoms with E-state index in [1.807, 2.05) is 12.4 Å². The quantitative estimate of drug-likeness (QED) is 0.856. The Bertz CT molecular complexity index is 340. The second-order valence-corrected chi connectivity index (χ2v) is 5.35. The molecular formula is C14H21N3. The number of nitrogens with zero attached hydrogens (tertiary/aromatic N) is 2. The lowest BCUT2D eigenvalue weighted by Gasteiger charge is -2.32. The van der Waals surface area contributed by atoms with Gasteiger partial charge in [0.2, 0.25) is 0 Å². The van der Waals surface area contributed by atoms with Crippen molar-refractivity contribution in [2.45, 2.75) is 44.3 Å². The molecule has 0 atom stereocenters. The normalized spacial score (nSPS) is 22.8. The predicted octanol–water partition coefficient (Wildman–Crippen LogP) is 1.80. The van der Waals surface area contributed by atoms with Crippen molar-refractivity contribution in [3.63, 3.8) is 0 Å². The fraction of sp³-hybridized carbons (Fsp3) is 0.643. The van der Waals surface area contributed by atoms with Gasteiger partial charge in [0, 0.05) is 31.0 Å². The van der Waals surface area contributed by atoms with Crippen LogP contribution in [0.15, 0.2) is 24.5 Å². The largest absolute Gasteiger partial charge is 0.311 e. The van der Waals surface area contributed by atoms with Crippen LogP contribution in [0.1, 0.15) is 31.2 Å². The van der Waals surface area contributed by atoms with Crippen LogP contribution < -0.4 is 5.32 Å². The molecule has 3 nitrogen and oxygen atoms in total. The van der Waals surface area contributed by atoms with Crippen molar-refractivity contribution >= 4 is 0 Å². The number of aromatic nitrogens is 1. The molecule has 0 amide bonds. The first-order chi connectivity index (χ1) is 8.40. The number of nitrogens with one attached hydrogen (secondary N) is 1. The van der Waals surface area contributed by atoms with Gasteiger partial charge in [0.05, 0.1) is 0 Å². The highest BCUT2D eigenvalue weighted by atomic mass is 15.1. The van der Waals surface area contributed by atoms with E-state index in [0.29, 0.717) is 0 Å². The van der Waals surface area contributed by atoms with Crippen LogP contribution in [0.4, 0.5) is 0 Å². The molecule has 1 aliphatic carbocycles. The molecule has 1 aliphatic heterocycles. The third kappa shape index (κ3) is 3.27. The van der Waals surface area contributed by atoms with Gasteiger partial charge in [-0.25, -0.2) is 0 Å². The molecule has 92 valence electrons. The van der Waals surface area contributed by atoms with Gasteiger partial charge in [-0.05, 0) is 56.5 Å². The first kappa shape index (κ1) is 11.2. The van der Waals surface area contributed by atoms with Gasteiger partial charge in [0.25, 0.3) is 0 Å². The van der Waals surface area contributed by atoms with Crippen LogP contribution in [0.5, 0.6) is 0 Å². The van der Waals surface area contributed by atoms with E-state index in [1.165, 1.54) is 44.3 Å². The lowest BCUT2D eigenvalue weighted by Crippen LogP contribution is -2.42. The van der Waals surface area contributed by atoms with Gasteiger partial charge >= 0.3 is 0 Å². The maximum Gasteiger partial charge on any atom is 0.0271 e. The van der Waals surface area contributed by atoms with Gasteiger partial charge in [-0.2, -0.15) is 0 Å². The molecule has 3 rings (SSSR count). The summed E-state index contributed by atoms with van der Waals surface area (Å²) >= 11 is 0. The maximum absolute atomic E-state index is 4.06. The summed E-state index contributed by atoms with van der Waals surface area (Å²) in [7, 11) is 0. The molecule has 3 heteroatoms. The summed E-state index contributed by atoms with van der Waals surface area (Å²) in [6.45, 7) is 3.54. The zero-order chi connectivity index (χ0) is 11.5. The smallest absolute Gasteiger partial charge is 0.0271 e. The minimum Gasteiger partial charge on any atom is -0.311 e. The fourth-order valence-corrected chi connectivity index (χ4v) is 2.59. The van der Waals surface area contributed by atoms with E-state index in [1.54, 1.807) is 0 Å². The summed E-state index contributed by atoms with van der Waals surface area (Å²) in [5, 5.41) is 3.74. The predicted molar refractivity (Wildman–Crippen MR) is 68.7 cm³/mol. The number of likely N-dealkylation sites (tertiary alicyclic amines) is 1. The lowest BCUT2D eigenvalue weighted by atomic mass is 10.0. The molecular weight excluding hydrogens is 210 g/mol. The zero-order valence-corrected chi connectivity index (χ0v) is 10.3. The van der Waals surface area contributed by atoms with Gasteiger partial charge in [0.1, 0.15) is 0 Å². The highest BCUT2D eigenvalue weighted by molar-refractivity contribution is 5.09. The average molecular weight is 231 g/mol. The molecule has 0 unspecified atom stereocenters. The van der Waals surface area contributed by atoms with E-state index in [4.69, 9.17) is 0 Å². The minimum atomic E-state index is 0.774. The van der Waals surface area contributed by atoms with Crippen LogP contribution in [0.3, 0.4) is 0 Å². The fourth-order valence-electron chi connectivity index (χ4n) is 2.59. The Morgan fingerprint density at radius 3 is 2.35 bits per heavy atom. The molecule has 1 aromatic rings. The maximum atomic E-state index is 4.06. The number of hydrogen-bond donors (Lipinski definition) is 1. The third-order valence-electron chi connectivity index (χ3n) is 3.79. The summed E-state index contributed by atoms with van der Waals surface area (Å²) < 4.78 is 0. The van der Waals surface area contributed by atoms with Gasteiger partial charge in [-0.3, -0.25) is 9.88 Å². The molecule has 17 heavy (non-hydrogen) atoms. The molecule has 0 bridgehead atoms. The highest BCUT2D eigenvalue weighted by Crippen LogP contribution is 2.22. The highest BCUT2D eigenvalue weighted by Gasteiger charge is 2.26. The van der Waals surface area contributed by atoms with E-state index in [0.717, 1.165) is 18.6 Å². The Morgan fingerprint density at radius 2 is 1.71 bits per heavy atom. The summed E-state index contributed by atoms with van der Waals surface area (Å²) in [5.41, 5.74) is 1.38. The standard InChI is InChI=1S/C14H21N3/c1-2-13(1)16-14-5-9-17(10-6-14)11-12-3-7-15-8-4-12/h3-4,7-8,13-14,16H,1-2,5-6,9-11H2. The first-order valence-corrected chi connectivity index (χ1v) is 6.77. The van der Waals surface area contributed by atoms with Crippen LogP contribution in [0.2, 0.25) is 0 Å². The molecule has 0 spiro atoms. The van der Waals surface area contributed by atoms with Crippen molar-refractivity contribution < 1.29 is 0 Å². The van der Waals surface area contributed by atoms with E-state index in [2.05, 4.69) is 27.3 Å². The summed E-state index contributed by atoms with van der Waals surface area (Å²) in [4.78, 5) is 6.62. The first-order valence-electron chi connectivity index (χ1n) is 6.77. The van der Waals surface area contributed by atoms with E-state index >= 15 is 0 Å². The second kappa shape index (κ2) is 5.15. The van der Waals surface area contributed by atoms with E-state index in [9.17, 15) is 0 Å². The molecule has 1 N–H and O–H groups in total. The number of hydrogen-bond acceptors (Lipinski definition) is 3. The summed E-state index contributed by atoms with van der Waals surface area (Å²) in [5.74, 6) is 0. The van der Waals surface area contributed by atoms with E-state index < -0.39 is 0 Å². The molecule has 0 radical (unpaired) electrons. The van der Waals surface area contributed by atoms with Crippen LogP contribution in [-0.4, -0.2) is 35.1 Å². The SMILES string of the molecule is c1cc(CN2CCC(NC3CC3)CC2)ccn1. The van der Waals surface area contributed by atoms with Gasteiger partial charge in [-0.15, -0.1) is 0 Å². The molecule has 1 saturated carbocycles. The average Bonchev–Trinajstić information content (AvgIpc) is 3.17. The van der Waals surface area contributed by atoms with Crippen LogP contribution >= 0.6 is 0 Å². The Hall–Kier alpha value is -0.930. The van der Waals surface area contributed by atoms with Crippen LogP contribution in [0.25, 0.3) is 0 Å². The Balaban J connectivity index is 1.44. The summed E-state index contributed by atoms with van der Waals surface area (Å²) in [6, 6.07) is 5.87. The lowest BCUT2D eigenvalue weighted by molar-refractivity contribution is 0.190. The zero-order valence-electron chi connectivity index (χ0n) is 10.3. The molecule has 0 aromatic carbocycles. The minimum absolute atomic E-state index is 0.774. The topological polar surface area (TPSA) is 28.2 Å². The molecule has 2 aliphatic rings. The van der Waals surface area contributed by atoms with Crippen molar-refractivity contribution in [2.75, 3.05) is 13.1 Å². The van der Waals surface area contributed by atoms with Crippen molar-refractivity contribution in [2.24, 2.45) is 0 Å². The molecule has 1 saturated heterocycles. The van der Waals surface area contributed by atoms with Gasteiger partial charge in [0.15, 0.2) is 0 Å². The van der Waals surface area contributed by atoms with Crippen LogP contribution in [0, 0.1) is 0 Å². The van der Waals surface area contributed by atoms with Crippen molar-refractivity contribution in [1.82, 2.24) is 15.2 Å². The molecule has 2 heterocycles.